The normalized spacial score (nSPS) is 16.5. The fraction of sp³-hybridized carbons (Fsp3) is 0.167. The molecule has 1 aliphatic heterocycles. The van der Waals surface area contributed by atoms with Gasteiger partial charge in [0.05, 0.1) is 6.20 Å². The molecule has 0 saturated heterocycles. The smallest absolute Gasteiger partial charge is 0.262 e. The summed E-state index contributed by atoms with van der Waals surface area (Å²) in [6, 6.07) is 1.60. The van der Waals surface area contributed by atoms with E-state index < -0.39 is 23.3 Å². The molecule has 1 aliphatic carbocycles. The van der Waals surface area contributed by atoms with Crippen molar-refractivity contribution >= 4 is 5.91 Å². The molecule has 1 N–H and O–H groups in total. The van der Waals surface area contributed by atoms with Gasteiger partial charge in [-0.2, -0.15) is 0 Å². The van der Waals surface area contributed by atoms with Gasteiger partial charge in [0.15, 0.2) is 17.4 Å². The number of phenolic OH excluding ortho intramolecular Hbond substituents is 1. The number of hydrogen-bond acceptors (Lipinski definition) is 3. The first-order valence-electron chi connectivity index (χ1n) is 7.44. The van der Waals surface area contributed by atoms with Crippen LogP contribution in [0.5, 0.6) is 5.75 Å². The third-order valence-corrected chi connectivity index (χ3v) is 3.72. The standard InChI is InChI=1S/C18H15F2NO3/c19-15-9-13(10-16(20)17(15)22)18(23)21-6-7-24-14(11-21)8-12-4-2-1-3-5-12/h1-2,4,6-7,9-11,22H,3,5,8H2. The molecule has 1 aromatic carbocycles. The Morgan fingerprint density at radius 3 is 2.71 bits per heavy atom. The van der Waals surface area contributed by atoms with E-state index in [2.05, 4.69) is 6.08 Å². The zero-order valence-corrected chi connectivity index (χ0v) is 12.7. The van der Waals surface area contributed by atoms with E-state index in [1.54, 1.807) is 0 Å². The summed E-state index contributed by atoms with van der Waals surface area (Å²) in [4.78, 5) is 13.6. The number of hydrogen-bond donors (Lipinski definition) is 1. The molecule has 0 unspecified atom stereocenters. The van der Waals surface area contributed by atoms with Crippen molar-refractivity contribution in [3.63, 3.8) is 0 Å². The van der Waals surface area contributed by atoms with Gasteiger partial charge in [-0.3, -0.25) is 9.69 Å². The fourth-order valence-electron chi connectivity index (χ4n) is 2.49. The molecule has 0 radical (unpaired) electrons. The number of benzene rings is 1. The Kier molecular flexibility index (Phi) is 4.46. The van der Waals surface area contributed by atoms with Gasteiger partial charge in [-0.05, 0) is 25.0 Å². The van der Waals surface area contributed by atoms with Gasteiger partial charge in [0.1, 0.15) is 12.0 Å². The number of amides is 1. The molecule has 4 nitrogen and oxygen atoms in total. The Labute approximate surface area is 137 Å². The molecule has 6 heteroatoms. The topological polar surface area (TPSA) is 49.8 Å². The van der Waals surface area contributed by atoms with Gasteiger partial charge in [-0.25, -0.2) is 8.78 Å². The number of aromatic hydroxyl groups is 1. The van der Waals surface area contributed by atoms with Crippen molar-refractivity contribution in [2.24, 2.45) is 0 Å². The van der Waals surface area contributed by atoms with E-state index in [9.17, 15) is 13.6 Å². The maximum Gasteiger partial charge on any atom is 0.262 e. The molecule has 0 saturated carbocycles. The summed E-state index contributed by atoms with van der Waals surface area (Å²) in [5.41, 5.74) is 0.970. The maximum atomic E-state index is 13.4. The van der Waals surface area contributed by atoms with Gasteiger partial charge in [0.25, 0.3) is 5.91 Å². The van der Waals surface area contributed by atoms with Crippen LogP contribution in [-0.2, 0) is 4.74 Å². The van der Waals surface area contributed by atoms with Crippen LogP contribution in [0.25, 0.3) is 0 Å². The number of ether oxygens (including phenoxy) is 1. The minimum atomic E-state index is -1.18. The first-order chi connectivity index (χ1) is 11.5. The fourth-order valence-corrected chi connectivity index (χ4v) is 2.49. The van der Waals surface area contributed by atoms with Crippen LogP contribution in [0.1, 0.15) is 29.6 Å². The second-order valence-electron chi connectivity index (χ2n) is 5.47. The number of carbonyl (C=O) groups excluding carboxylic acids is 1. The number of rotatable bonds is 3. The maximum absolute atomic E-state index is 13.4. The predicted octanol–water partition coefficient (Wildman–Crippen LogP) is 4.12. The Morgan fingerprint density at radius 1 is 1.29 bits per heavy atom. The SMILES string of the molecule is O=C(c1cc(F)c(O)c(F)c1)N1C=COC(CC2=CC=CCC2)=C1. The third kappa shape index (κ3) is 3.37. The highest BCUT2D eigenvalue weighted by atomic mass is 19.1. The largest absolute Gasteiger partial charge is 0.503 e. The lowest BCUT2D eigenvalue weighted by molar-refractivity contribution is 0.0852. The molecule has 0 bridgehead atoms. The molecule has 124 valence electrons. The van der Waals surface area contributed by atoms with Gasteiger partial charge < -0.3 is 9.84 Å². The highest BCUT2D eigenvalue weighted by molar-refractivity contribution is 5.95. The van der Waals surface area contributed by atoms with Crippen molar-refractivity contribution in [2.75, 3.05) is 0 Å². The van der Waals surface area contributed by atoms with E-state index in [-0.39, 0.29) is 5.56 Å². The molecule has 3 rings (SSSR count). The number of allylic oxidation sites excluding steroid dienone is 4. The lowest BCUT2D eigenvalue weighted by atomic mass is 10.0. The molecule has 0 fully saturated rings. The molecular weight excluding hydrogens is 316 g/mol. The molecule has 0 atom stereocenters. The molecule has 1 amide bonds. The quantitative estimate of drug-likeness (QED) is 0.906. The highest BCUT2D eigenvalue weighted by Gasteiger charge is 2.20. The van der Waals surface area contributed by atoms with Crippen molar-refractivity contribution < 1.29 is 23.4 Å². The van der Waals surface area contributed by atoms with E-state index in [0.29, 0.717) is 12.2 Å². The van der Waals surface area contributed by atoms with E-state index in [0.717, 1.165) is 25.0 Å². The molecule has 24 heavy (non-hydrogen) atoms. The van der Waals surface area contributed by atoms with Crippen molar-refractivity contribution in [2.45, 2.75) is 19.3 Å². The second-order valence-corrected chi connectivity index (χ2v) is 5.47. The molecule has 0 aromatic heterocycles. The van der Waals surface area contributed by atoms with Gasteiger partial charge in [-0.15, -0.1) is 0 Å². The zero-order valence-electron chi connectivity index (χ0n) is 12.7. The van der Waals surface area contributed by atoms with Crippen molar-refractivity contribution in [1.82, 2.24) is 4.90 Å². The Bertz CT molecular complexity index is 770. The average Bonchev–Trinajstić information content (AvgIpc) is 2.59. The van der Waals surface area contributed by atoms with Gasteiger partial charge >= 0.3 is 0 Å². The Balaban J connectivity index is 1.79. The van der Waals surface area contributed by atoms with Gasteiger partial charge in [0.2, 0.25) is 0 Å². The number of phenols is 1. The van der Waals surface area contributed by atoms with E-state index in [4.69, 9.17) is 9.84 Å². The third-order valence-electron chi connectivity index (χ3n) is 3.72. The van der Waals surface area contributed by atoms with Crippen LogP contribution in [0.15, 0.2) is 60.4 Å². The van der Waals surface area contributed by atoms with Crippen LogP contribution >= 0.6 is 0 Å². The van der Waals surface area contributed by atoms with E-state index in [1.165, 1.54) is 29.1 Å². The first-order valence-corrected chi connectivity index (χ1v) is 7.44. The molecule has 2 aliphatic rings. The van der Waals surface area contributed by atoms with Crippen LogP contribution in [-0.4, -0.2) is 15.9 Å². The van der Waals surface area contributed by atoms with Crippen LogP contribution < -0.4 is 0 Å². The summed E-state index contributed by atoms with van der Waals surface area (Å²) < 4.78 is 32.2. The lowest BCUT2D eigenvalue weighted by Gasteiger charge is -2.21. The van der Waals surface area contributed by atoms with Crippen LogP contribution in [0.3, 0.4) is 0 Å². The van der Waals surface area contributed by atoms with Crippen molar-refractivity contribution in [3.8, 4) is 5.75 Å². The van der Waals surface area contributed by atoms with Crippen molar-refractivity contribution in [1.29, 1.82) is 0 Å². The van der Waals surface area contributed by atoms with Gasteiger partial charge in [0, 0.05) is 18.2 Å². The Morgan fingerprint density at radius 2 is 2.04 bits per heavy atom. The Hall–Kier alpha value is -2.89. The summed E-state index contributed by atoms with van der Waals surface area (Å²) in [7, 11) is 0. The van der Waals surface area contributed by atoms with Gasteiger partial charge in [-0.1, -0.05) is 23.8 Å². The highest BCUT2D eigenvalue weighted by Crippen LogP contribution is 2.25. The van der Waals surface area contributed by atoms with Crippen LogP contribution in [0.4, 0.5) is 8.78 Å². The van der Waals surface area contributed by atoms with E-state index in [1.807, 2.05) is 12.2 Å². The lowest BCUT2D eigenvalue weighted by Crippen LogP contribution is -2.23. The average molecular weight is 331 g/mol. The monoisotopic (exact) mass is 331 g/mol. The second kappa shape index (κ2) is 6.70. The molecular formula is C18H15F2NO3. The van der Waals surface area contributed by atoms with Crippen molar-refractivity contribution in [3.05, 3.63) is 77.6 Å². The minimum Gasteiger partial charge on any atom is -0.503 e. The minimum absolute atomic E-state index is 0.204. The van der Waals surface area contributed by atoms with E-state index >= 15 is 0 Å². The predicted molar refractivity (Wildman–Crippen MR) is 83.6 cm³/mol. The summed E-state index contributed by atoms with van der Waals surface area (Å²) >= 11 is 0. The first kappa shape index (κ1) is 16.0. The summed E-state index contributed by atoms with van der Waals surface area (Å²) in [6.07, 6.45) is 12.7. The summed E-state index contributed by atoms with van der Waals surface area (Å²) in [6.45, 7) is 0. The zero-order chi connectivity index (χ0) is 17.1. The van der Waals surface area contributed by atoms with Crippen LogP contribution in [0.2, 0.25) is 0 Å². The number of carbonyl (C=O) groups is 1. The molecule has 1 heterocycles. The van der Waals surface area contributed by atoms with Crippen LogP contribution in [0, 0.1) is 11.6 Å². The number of nitrogens with zero attached hydrogens (tertiary/aromatic N) is 1. The summed E-state index contributed by atoms with van der Waals surface area (Å²) in [5.74, 6) is -3.52. The molecule has 0 spiro atoms. The molecule has 1 aromatic rings. The number of halogens is 2. The summed E-state index contributed by atoms with van der Waals surface area (Å²) in [5, 5.41) is 9.11.